The normalized spacial score (nSPS) is 15.1. The molecule has 0 saturated carbocycles. The van der Waals surface area contributed by atoms with Crippen molar-refractivity contribution in [2.75, 3.05) is 37.4 Å². The Hall–Kier alpha value is -3.26. The van der Waals surface area contributed by atoms with Gasteiger partial charge in [0.1, 0.15) is 0 Å². The number of aromatic nitrogens is 4. The lowest BCUT2D eigenvalue weighted by Crippen LogP contribution is -2.21. The number of anilines is 2. The summed E-state index contributed by atoms with van der Waals surface area (Å²) in [4.78, 5) is 13.9. The van der Waals surface area contributed by atoms with E-state index in [4.69, 9.17) is 0 Å². The van der Waals surface area contributed by atoms with Crippen LogP contribution in [-0.2, 0) is 11.2 Å². The third-order valence-electron chi connectivity index (χ3n) is 5.32. The SMILES string of the molecule is C1CCNCC1.CN(C)c1ccc(-c2ccc(-c3cn[nH]c3)c3c2NC(=O)C3)nn1. The zero-order valence-corrected chi connectivity index (χ0v) is 17.4. The van der Waals surface area contributed by atoms with Gasteiger partial charge in [0.25, 0.3) is 0 Å². The number of nitrogens with zero attached hydrogens (tertiary/aromatic N) is 4. The smallest absolute Gasteiger partial charge is 0.228 e. The average molecular weight is 406 g/mol. The number of carbonyl (C=O) groups is 1. The summed E-state index contributed by atoms with van der Waals surface area (Å²) in [6.45, 7) is 2.50. The fourth-order valence-electron chi connectivity index (χ4n) is 3.71. The molecule has 0 atom stereocenters. The van der Waals surface area contributed by atoms with Gasteiger partial charge in [0, 0.05) is 31.4 Å². The number of piperidine rings is 1. The van der Waals surface area contributed by atoms with Crippen LogP contribution in [0.25, 0.3) is 22.4 Å². The minimum absolute atomic E-state index is 0.0138. The standard InChI is InChI=1S/C17H16N6O.C5H11N/c1-23(2)15-6-5-14(21-22-15)12-4-3-11(10-8-18-19-9-10)13-7-16(24)20-17(12)13;1-2-4-6-5-3-1/h3-6,8-9H,7H2,1-2H3,(H,18,19)(H,20,24);6H,1-5H2. The van der Waals surface area contributed by atoms with Crippen LogP contribution in [-0.4, -0.2) is 53.5 Å². The topological polar surface area (TPSA) is 98.8 Å². The van der Waals surface area contributed by atoms with Gasteiger partial charge < -0.3 is 15.5 Å². The molecular weight excluding hydrogens is 378 g/mol. The number of nitrogens with one attached hydrogen (secondary N) is 3. The van der Waals surface area contributed by atoms with Gasteiger partial charge in [-0.3, -0.25) is 9.89 Å². The molecule has 0 bridgehead atoms. The molecule has 1 amide bonds. The minimum atomic E-state index is -0.0138. The van der Waals surface area contributed by atoms with E-state index in [1.165, 1.54) is 32.4 Å². The molecule has 1 saturated heterocycles. The number of rotatable bonds is 3. The van der Waals surface area contributed by atoms with Crippen molar-refractivity contribution >= 4 is 17.4 Å². The van der Waals surface area contributed by atoms with E-state index >= 15 is 0 Å². The Morgan fingerprint density at radius 3 is 2.33 bits per heavy atom. The Labute approximate surface area is 176 Å². The fraction of sp³-hybridized carbons (Fsp3) is 0.364. The van der Waals surface area contributed by atoms with Crippen molar-refractivity contribution in [2.24, 2.45) is 0 Å². The van der Waals surface area contributed by atoms with Crippen LogP contribution < -0.4 is 15.5 Å². The van der Waals surface area contributed by atoms with Gasteiger partial charge in [-0.05, 0) is 49.2 Å². The molecule has 3 N–H and O–H groups in total. The van der Waals surface area contributed by atoms with Gasteiger partial charge in [-0.2, -0.15) is 5.10 Å². The Kier molecular flexibility index (Phi) is 6.04. The Bertz CT molecular complexity index is 982. The first-order chi connectivity index (χ1) is 14.6. The van der Waals surface area contributed by atoms with Crippen molar-refractivity contribution in [2.45, 2.75) is 25.7 Å². The third kappa shape index (κ3) is 4.33. The highest BCUT2D eigenvalue weighted by Crippen LogP contribution is 2.39. The van der Waals surface area contributed by atoms with Gasteiger partial charge in [-0.15, -0.1) is 10.2 Å². The molecule has 30 heavy (non-hydrogen) atoms. The van der Waals surface area contributed by atoms with E-state index in [0.29, 0.717) is 6.42 Å². The number of hydrogen-bond donors (Lipinski definition) is 3. The molecule has 0 aliphatic carbocycles. The van der Waals surface area contributed by atoms with Gasteiger partial charge in [-0.25, -0.2) is 0 Å². The summed E-state index contributed by atoms with van der Waals surface area (Å²) >= 11 is 0. The van der Waals surface area contributed by atoms with Gasteiger partial charge in [0.05, 0.1) is 24.0 Å². The Morgan fingerprint density at radius 1 is 0.967 bits per heavy atom. The van der Waals surface area contributed by atoms with Gasteiger partial charge >= 0.3 is 0 Å². The molecule has 2 aromatic heterocycles. The second-order valence-electron chi connectivity index (χ2n) is 7.71. The van der Waals surface area contributed by atoms with Crippen LogP contribution in [0.1, 0.15) is 24.8 Å². The molecule has 1 aromatic carbocycles. The highest BCUT2D eigenvalue weighted by Gasteiger charge is 2.25. The lowest BCUT2D eigenvalue weighted by atomic mass is 9.96. The monoisotopic (exact) mass is 405 g/mol. The summed E-state index contributed by atoms with van der Waals surface area (Å²) in [5, 5.41) is 21.6. The van der Waals surface area contributed by atoms with Crippen LogP contribution in [0, 0.1) is 0 Å². The Balaban J connectivity index is 0.000000313. The molecule has 8 heteroatoms. The number of fused-ring (bicyclic) bond motifs is 1. The van der Waals surface area contributed by atoms with Crippen LogP contribution in [0.3, 0.4) is 0 Å². The number of benzene rings is 1. The molecule has 0 spiro atoms. The van der Waals surface area contributed by atoms with Crippen LogP contribution in [0.5, 0.6) is 0 Å². The van der Waals surface area contributed by atoms with E-state index in [0.717, 1.165) is 39.5 Å². The van der Waals surface area contributed by atoms with Crippen molar-refractivity contribution in [3.8, 4) is 22.4 Å². The molecule has 2 aliphatic heterocycles. The first-order valence-electron chi connectivity index (χ1n) is 10.3. The summed E-state index contributed by atoms with van der Waals surface area (Å²) in [6.07, 6.45) is 8.15. The lowest BCUT2D eigenvalue weighted by molar-refractivity contribution is -0.115. The highest BCUT2D eigenvalue weighted by atomic mass is 16.1. The molecular formula is C22H27N7O. The van der Waals surface area contributed by atoms with Crippen molar-refractivity contribution < 1.29 is 4.79 Å². The number of carbonyl (C=O) groups excluding carboxylic acids is 1. The quantitative estimate of drug-likeness (QED) is 0.620. The minimum Gasteiger partial charge on any atom is -0.361 e. The first-order valence-corrected chi connectivity index (χ1v) is 10.3. The highest BCUT2D eigenvalue weighted by molar-refractivity contribution is 6.06. The molecule has 3 aromatic rings. The van der Waals surface area contributed by atoms with E-state index in [1.807, 2.05) is 49.5 Å². The average Bonchev–Trinajstić information content (AvgIpc) is 3.44. The number of aromatic amines is 1. The summed E-state index contributed by atoms with van der Waals surface area (Å²) < 4.78 is 0. The maximum Gasteiger partial charge on any atom is 0.228 e. The van der Waals surface area contributed by atoms with Crippen molar-refractivity contribution in [3.63, 3.8) is 0 Å². The summed E-state index contributed by atoms with van der Waals surface area (Å²) in [5.41, 5.74) is 5.35. The predicted octanol–water partition coefficient (Wildman–Crippen LogP) is 2.85. The van der Waals surface area contributed by atoms with Crippen molar-refractivity contribution in [1.29, 1.82) is 0 Å². The predicted molar refractivity (Wildman–Crippen MR) is 118 cm³/mol. The molecule has 2 aliphatic rings. The van der Waals surface area contributed by atoms with E-state index in [-0.39, 0.29) is 5.91 Å². The molecule has 1 fully saturated rings. The summed E-state index contributed by atoms with van der Waals surface area (Å²) in [5.74, 6) is 0.773. The van der Waals surface area contributed by atoms with Crippen molar-refractivity contribution in [3.05, 3.63) is 42.2 Å². The van der Waals surface area contributed by atoms with Gasteiger partial charge in [-0.1, -0.05) is 18.6 Å². The molecule has 5 rings (SSSR count). The Morgan fingerprint density at radius 2 is 1.77 bits per heavy atom. The zero-order valence-electron chi connectivity index (χ0n) is 17.4. The second-order valence-corrected chi connectivity index (χ2v) is 7.71. The van der Waals surface area contributed by atoms with E-state index in [9.17, 15) is 4.79 Å². The third-order valence-corrected chi connectivity index (χ3v) is 5.32. The van der Waals surface area contributed by atoms with Crippen LogP contribution in [0.4, 0.5) is 11.5 Å². The van der Waals surface area contributed by atoms with Crippen LogP contribution in [0.2, 0.25) is 0 Å². The van der Waals surface area contributed by atoms with Crippen molar-refractivity contribution in [1.82, 2.24) is 25.7 Å². The molecule has 156 valence electrons. The van der Waals surface area contributed by atoms with E-state index in [2.05, 4.69) is 31.0 Å². The maximum absolute atomic E-state index is 12.0. The van der Waals surface area contributed by atoms with Gasteiger partial charge in [0.15, 0.2) is 5.82 Å². The second kappa shape index (κ2) is 9.04. The molecule has 8 nitrogen and oxygen atoms in total. The maximum atomic E-state index is 12.0. The van der Waals surface area contributed by atoms with Gasteiger partial charge in [0.2, 0.25) is 5.91 Å². The summed E-state index contributed by atoms with van der Waals surface area (Å²) in [7, 11) is 3.84. The summed E-state index contributed by atoms with van der Waals surface area (Å²) in [6, 6.07) is 7.79. The molecule has 4 heterocycles. The largest absolute Gasteiger partial charge is 0.361 e. The van der Waals surface area contributed by atoms with Crippen LogP contribution >= 0.6 is 0 Å². The number of H-pyrrole nitrogens is 1. The van der Waals surface area contributed by atoms with Crippen LogP contribution in [0.15, 0.2) is 36.7 Å². The number of amides is 1. The zero-order chi connectivity index (χ0) is 20.9. The lowest BCUT2D eigenvalue weighted by Gasteiger charge is -2.13. The first kappa shape index (κ1) is 20.0. The fourth-order valence-corrected chi connectivity index (χ4v) is 3.71. The van der Waals surface area contributed by atoms with E-state index in [1.54, 1.807) is 6.20 Å². The molecule has 0 radical (unpaired) electrons. The number of hydrogen-bond acceptors (Lipinski definition) is 6. The van der Waals surface area contributed by atoms with E-state index < -0.39 is 0 Å². The molecule has 0 unspecified atom stereocenters.